The van der Waals surface area contributed by atoms with E-state index in [1.54, 1.807) is 32.3 Å². The first-order valence-electron chi connectivity index (χ1n) is 7.14. The highest BCUT2D eigenvalue weighted by Crippen LogP contribution is 2.15. The third kappa shape index (κ3) is 5.99. The van der Waals surface area contributed by atoms with Crippen molar-refractivity contribution in [2.75, 3.05) is 11.9 Å². The average molecular weight is 295 g/mol. The molecule has 0 bridgehead atoms. The number of hydrogen-bond acceptors (Lipinski definition) is 3. The van der Waals surface area contributed by atoms with Crippen molar-refractivity contribution in [2.24, 2.45) is 13.0 Å². The lowest BCUT2D eigenvalue weighted by atomic mass is 9.95. The van der Waals surface area contributed by atoms with Gasteiger partial charge in [-0.25, -0.2) is 4.79 Å². The fourth-order valence-electron chi connectivity index (χ4n) is 1.82. The van der Waals surface area contributed by atoms with E-state index >= 15 is 0 Å². The van der Waals surface area contributed by atoms with Crippen molar-refractivity contribution in [3.63, 3.8) is 0 Å². The molecule has 3 N–H and O–H groups in total. The van der Waals surface area contributed by atoms with E-state index in [1.165, 1.54) is 4.57 Å². The summed E-state index contributed by atoms with van der Waals surface area (Å²) in [5.41, 5.74) is -1.03. The Morgan fingerprint density at radius 1 is 1.48 bits per heavy atom. The molecule has 1 atom stereocenters. The third-order valence-electron chi connectivity index (χ3n) is 3.26. The zero-order valence-corrected chi connectivity index (χ0v) is 13.1. The molecule has 6 heteroatoms. The van der Waals surface area contributed by atoms with Crippen LogP contribution in [0.2, 0.25) is 0 Å². The average Bonchev–Trinajstić information content (AvgIpc) is 2.40. The van der Waals surface area contributed by atoms with Crippen molar-refractivity contribution in [2.45, 2.75) is 39.2 Å². The second-order valence-corrected chi connectivity index (χ2v) is 6.08. The van der Waals surface area contributed by atoms with Crippen LogP contribution in [0.3, 0.4) is 0 Å². The number of anilines is 1. The highest BCUT2D eigenvalue weighted by Gasteiger charge is 2.21. The lowest BCUT2D eigenvalue weighted by molar-refractivity contribution is 0.0481. The van der Waals surface area contributed by atoms with Crippen LogP contribution in [0.1, 0.15) is 33.6 Å². The maximum Gasteiger partial charge on any atom is 0.319 e. The van der Waals surface area contributed by atoms with Crippen LogP contribution in [0.4, 0.5) is 10.5 Å². The largest absolute Gasteiger partial charge is 0.388 e. The zero-order valence-electron chi connectivity index (χ0n) is 13.1. The Morgan fingerprint density at radius 3 is 2.76 bits per heavy atom. The minimum atomic E-state index is -0.955. The number of nitrogens with zero attached hydrogens (tertiary/aromatic N) is 1. The Bertz CT molecular complexity index is 535. The monoisotopic (exact) mass is 295 g/mol. The summed E-state index contributed by atoms with van der Waals surface area (Å²) in [5, 5.41) is 15.3. The molecule has 0 aromatic carbocycles. The molecule has 0 radical (unpaired) electrons. The summed E-state index contributed by atoms with van der Waals surface area (Å²) < 4.78 is 1.38. The smallest absolute Gasteiger partial charge is 0.319 e. The van der Waals surface area contributed by atoms with Gasteiger partial charge in [0, 0.05) is 19.8 Å². The minimum absolute atomic E-state index is 0.138. The Balaban J connectivity index is 2.51. The van der Waals surface area contributed by atoms with E-state index in [1.807, 2.05) is 0 Å². The maximum atomic E-state index is 11.8. The van der Waals surface area contributed by atoms with Gasteiger partial charge >= 0.3 is 6.03 Å². The second kappa shape index (κ2) is 7.26. The number of nitrogens with one attached hydrogen (secondary N) is 2. The summed E-state index contributed by atoms with van der Waals surface area (Å²) in [5.74, 6) is 0.498. The summed E-state index contributed by atoms with van der Waals surface area (Å²) in [4.78, 5) is 23.5. The Hall–Kier alpha value is -1.82. The van der Waals surface area contributed by atoms with Crippen LogP contribution in [0, 0.1) is 5.92 Å². The van der Waals surface area contributed by atoms with Crippen molar-refractivity contribution in [1.29, 1.82) is 0 Å². The van der Waals surface area contributed by atoms with Gasteiger partial charge in [-0.05, 0) is 37.8 Å². The first kappa shape index (κ1) is 17.2. The number of hydrogen-bond donors (Lipinski definition) is 3. The van der Waals surface area contributed by atoms with Crippen molar-refractivity contribution in [3.05, 3.63) is 28.7 Å². The summed E-state index contributed by atoms with van der Waals surface area (Å²) >= 11 is 0. The number of aromatic nitrogens is 1. The van der Waals surface area contributed by atoms with Gasteiger partial charge < -0.3 is 20.3 Å². The van der Waals surface area contributed by atoms with Gasteiger partial charge in [0.2, 0.25) is 0 Å². The quantitative estimate of drug-likeness (QED) is 0.747. The molecule has 1 unspecified atom stereocenters. The molecule has 2 amide bonds. The van der Waals surface area contributed by atoms with Gasteiger partial charge in [0.05, 0.1) is 5.60 Å². The molecule has 0 fully saturated rings. The molecule has 0 aliphatic rings. The van der Waals surface area contributed by atoms with Gasteiger partial charge in [0.15, 0.2) is 0 Å². The number of amides is 2. The summed E-state index contributed by atoms with van der Waals surface area (Å²) in [6.07, 6.45) is 3.11. The SMILES string of the molecule is CC(C)CCC(C)(O)CNC(=O)Nc1cccn(C)c1=O. The topological polar surface area (TPSA) is 83.4 Å². The van der Waals surface area contributed by atoms with E-state index in [0.717, 1.165) is 6.42 Å². The van der Waals surface area contributed by atoms with Gasteiger partial charge in [0.25, 0.3) is 5.56 Å². The number of carbonyl (C=O) groups is 1. The van der Waals surface area contributed by atoms with E-state index < -0.39 is 11.6 Å². The first-order chi connectivity index (χ1) is 9.71. The molecule has 0 aliphatic carbocycles. The first-order valence-corrected chi connectivity index (χ1v) is 7.14. The fourth-order valence-corrected chi connectivity index (χ4v) is 1.82. The Labute approximate surface area is 125 Å². The van der Waals surface area contributed by atoms with Crippen molar-refractivity contribution >= 4 is 11.7 Å². The molecule has 6 nitrogen and oxygen atoms in total. The summed E-state index contributed by atoms with van der Waals surface area (Å²) in [6, 6.07) is 2.72. The Kier molecular flexibility index (Phi) is 5.96. The highest BCUT2D eigenvalue weighted by molar-refractivity contribution is 5.88. The standard InChI is InChI=1S/C15H25N3O3/c1-11(2)7-8-15(3,21)10-16-14(20)17-12-6-5-9-18(4)13(12)19/h5-6,9,11,21H,7-8,10H2,1-4H3,(H2,16,17,20). The van der Waals surface area contributed by atoms with E-state index in [0.29, 0.717) is 12.3 Å². The normalized spacial score (nSPS) is 13.8. The van der Waals surface area contributed by atoms with Crippen LogP contribution in [0.15, 0.2) is 23.1 Å². The predicted molar refractivity (Wildman–Crippen MR) is 83.4 cm³/mol. The molecule has 1 aromatic heterocycles. The van der Waals surface area contributed by atoms with Crippen LogP contribution in [0.5, 0.6) is 0 Å². The molecule has 0 spiro atoms. The summed E-state index contributed by atoms with van der Waals surface area (Å²) in [6.45, 7) is 6.00. The molecule has 0 saturated carbocycles. The summed E-state index contributed by atoms with van der Waals surface area (Å²) in [7, 11) is 1.61. The van der Waals surface area contributed by atoms with Crippen molar-refractivity contribution < 1.29 is 9.90 Å². The van der Waals surface area contributed by atoms with E-state index in [2.05, 4.69) is 24.5 Å². The van der Waals surface area contributed by atoms with Crippen molar-refractivity contribution in [1.82, 2.24) is 9.88 Å². The highest BCUT2D eigenvalue weighted by atomic mass is 16.3. The molecule has 1 heterocycles. The number of urea groups is 1. The third-order valence-corrected chi connectivity index (χ3v) is 3.26. The predicted octanol–water partition coefficient (Wildman–Crippen LogP) is 1.69. The van der Waals surface area contributed by atoms with Gasteiger partial charge in [-0.15, -0.1) is 0 Å². The van der Waals surface area contributed by atoms with Crippen LogP contribution < -0.4 is 16.2 Å². The van der Waals surface area contributed by atoms with Crippen LogP contribution >= 0.6 is 0 Å². The molecular weight excluding hydrogens is 270 g/mol. The molecule has 0 aliphatic heterocycles. The van der Waals surface area contributed by atoms with Gasteiger partial charge in [-0.2, -0.15) is 0 Å². The zero-order chi connectivity index (χ0) is 16.0. The van der Waals surface area contributed by atoms with Crippen LogP contribution in [-0.2, 0) is 7.05 Å². The Morgan fingerprint density at radius 2 is 2.14 bits per heavy atom. The van der Waals surface area contributed by atoms with Crippen molar-refractivity contribution in [3.8, 4) is 0 Å². The number of carbonyl (C=O) groups excluding carboxylic acids is 1. The van der Waals surface area contributed by atoms with E-state index in [4.69, 9.17) is 0 Å². The number of aryl methyl sites for hydroxylation is 1. The van der Waals surface area contributed by atoms with Gasteiger partial charge in [-0.1, -0.05) is 13.8 Å². The molecule has 1 aromatic rings. The molecule has 21 heavy (non-hydrogen) atoms. The molecule has 1 rings (SSSR count). The maximum absolute atomic E-state index is 11.8. The van der Waals surface area contributed by atoms with Crippen LogP contribution in [-0.4, -0.2) is 27.9 Å². The fraction of sp³-hybridized carbons (Fsp3) is 0.600. The lowest BCUT2D eigenvalue weighted by Crippen LogP contribution is -2.43. The lowest BCUT2D eigenvalue weighted by Gasteiger charge is -2.24. The van der Waals surface area contributed by atoms with Crippen LogP contribution in [0.25, 0.3) is 0 Å². The second-order valence-electron chi connectivity index (χ2n) is 6.08. The van der Waals surface area contributed by atoms with Gasteiger partial charge in [0.1, 0.15) is 5.69 Å². The molecule has 118 valence electrons. The number of aliphatic hydroxyl groups is 1. The minimum Gasteiger partial charge on any atom is -0.388 e. The number of rotatable bonds is 6. The molecule has 0 saturated heterocycles. The van der Waals surface area contributed by atoms with E-state index in [9.17, 15) is 14.7 Å². The number of pyridine rings is 1. The van der Waals surface area contributed by atoms with Gasteiger partial charge in [-0.3, -0.25) is 4.79 Å². The molecular formula is C15H25N3O3. The van der Waals surface area contributed by atoms with E-state index in [-0.39, 0.29) is 17.8 Å².